The monoisotopic (exact) mass is 577 g/mol. The molecule has 1 aliphatic carbocycles. The van der Waals surface area contributed by atoms with Crippen molar-refractivity contribution in [2.45, 2.75) is 37.5 Å². The quantitative estimate of drug-likeness (QED) is 0.211. The zero-order chi connectivity index (χ0) is 29.3. The zero-order valence-corrected chi connectivity index (χ0v) is 24.7. The number of aromatic nitrogens is 5. The number of hydrogen-bond acceptors (Lipinski definition) is 3. The summed E-state index contributed by atoms with van der Waals surface area (Å²) < 4.78 is 4.71. The van der Waals surface area contributed by atoms with E-state index in [-0.39, 0.29) is 12.1 Å². The van der Waals surface area contributed by atoms with Gasteiger partial charge >= 0.3 is 0 Å². The van der Waals surface area contributed by atoms with Gasteiger partial charge in [0.25, 0.3) is 0 Å². The normalized spacial score (nSPS) is 16.1. The number of para-hydroxylation sites is 2. The maximum absolute atomic E-state index is 5.34. The van der Waals surface area contributed by atoms with Gasteiger partial charge in [-0.1, -0.05) is 110 Å². The Morgan fingerprint density at radius 3 is 2.33 bits per heavy atom. The summed E-state index contributed by atoms with van der Waals surface area (Å²) in [6.45, 7) is 0.146. The van der Waals surface area contributed by atoms with E-state index >= 15 is 0 Å². The summed E-state index contributed by atoms with van der Waals surface area (Å²) in [6.07, 6.45) is 6.27. The number of nitrogens with zero attached hydrogens (tertiary/aromatic N) is 5. The van der Waals surface area contributed by atoms with E-state index in [0.717, 1.165) is 44.7 Å². The fraction of sp³-hybridized carbons (Fsp3) is 0.154. The second kappa shape index (κ2) is 8.48. The molecule has 0 amide bonds. The SMILES string of the molecule is c1ccc(-c2nc3ccc4c5c3c(n2)n2c3ccccc3nc2n5-c2cccc3c2B4c2ccccc2C32CCCCC2)cc1. The van der Waals surface area contributed by atoms with Crippen LogP contribution in [0, 0.1) is 0 Å². The Kier molecular flexibility index (Phi) is 4.55. The maximum Gasteiger partial charge on any atom is 0.247 e. The summed E-state index contributed by atoms with van der Waals surface area (Å²) in [4.78, 5) is 15.9. The lowest BCUT2D eigenvalue weighted by Gasteiger charge is -2.47. The second-order valence-corrected chi connectivity index (χ2v) is 13.1. The van der Waals surface area contributed by atoms with E-state index in [9.17, 15) is 0 Å². The van der Waals surface area contributed by atoms with Gasteiger partial charge in [0.05, 0.1) is 27.5 Å². The van der Waals surface area contributed by atoms with Crippen molar-refractivity contribution in [3.8, 4) is 17.1 Å². The van der Waals surface area contributed by atoms with Crippen LogP contribution in [0.15, 0.2) is 109 Å². The van der Waals surface area contributed by atoms with E-state index in [0.29, 0.717) is 0 Å². The first-order valence-corrected chi connectivity index (χ1v) is 16.2. The van der Waals surface area contributed by atoms with Crippen LogP contribution in [0.3, 0.4) is 0 Å². The molecule has 0 radical (unpaired) electrons. The van der Waals surface area contributed by atoms with Gasteiger partial charge in [-0.2, -0.15) is 0 Å². The highest BCUT2D eigenvalue weighted by molar-refractivity contribution is 6.99. The van der Waals surface area contributed by atoms with Crippen LogP contribution in [0.4, 0.5) is 0 Å². The van der Waals surface area contributed by atoms with E-state index in [1.54, 1.807) is 0 Å². The number of fused-ring (bicyclic) bond motifs is 11. The van der Waals surface area contributed by atoms with Crippen LogP contribution in [0.2, 0.25) is 0 Å². The van der Waals surface area contributed by atoms with Crippen molar-refractivity contribution >= 4 is 62.0 Å². The Balaban J connectivity index is 1.36. The van der Waals surface area contributed by atoms with Crippen molar-refractivity contribution in [3.05, 3.63) is 120 Å². The molecule has 5 aromatic carbocycles. The third-order valence-corrected chi connectivity index (χ3v) is 11.0. The van der Waals surface area contributed by atoms with Gasteiger partial charge in [-0.25, -0.2) is 15.0 Å². The van der Waals surface area contributed by atoms with Crippen molar-refractivity contribution < 1.29 is 0 Å². The summed E-state index contributed by atoms with van der Waals surface area (Å²) >= 11 is 0. The smallest absolute Gasteiger partial charge is 0.247 e. The lowest BCUT2D eigenvalue weighted by Crippen LogP contribution is -2.64. The molecule has 1 spiro atoms. The minimum atomic E-state index is 0.0554. The standard InChI is InChI=1S/C39H28BN5/c1-3-12-24(13-4-1)36-41-30-21-20-28-35-33(30)37(43-36)45-31-18-8-7-17-29(31)42-38(45)44(35)32-19-11-15-26-34(32)40(28)27-16-6-5-14-25(27)39(26)22-9-2-10-23-39/h1,3-8,11-21H,2,9-10,22-23H2. The van der Waals surface area contributed by atoms with Crippen LogP contribution in [0.25, 0.3) is 56.0 Å². The Labute approximate surface area is 260 Å². The molecule has 11 rings (SSSR count). The van der Waals surface area contributed by atoms with Gasteiger partial charge in [-0.05, 0) is 59.2 Å². The zero-order valence-electron chi connectivity index (χ0n) is 24.7. The van der Waals surface area contributed by atoms with E-state index in [1.165, 1.54) is 70.8 Å². The molecular weight excluding hydrogens is 549 g/mol. The predicted molar refractivity (Wildman–Crippen MR) is 183 cm³/mol. The third kappa shape index (κ3) is 2.93. The Hall–Kier alpha value is -5.23. The first-order chi connectivity index (χ1) is 22.3. The molecule has 6 heteroatoms. The van der Waals surface area contributed by atoms with E-state index < -0.39 is 0 Å². The summed E-state index contributed by atoms with van der Waals surface area (Å²) in [5.41, 5.74) is 14.6. The van der Waals surface area contributed by atoms with Gasteiger partial charge < -0.3 is 0 Å². The van der Waals surface area contributed by atoms with Crippen molar-refractivity contribution in [1.82, 2.24) is 23.9 Å². The number of hydrogen-bond donors (Lipinski definition) is 0. The molecule has 0 unspecified atom stereocenters. The molecule has 1 fully saturated rings. The molecule has 5 heterocycles. The Morgan fingerprint density at radius 1 is 0.622 bits per heavy atom. The highest BCUT2D eigenvalue weighted by atomic mass is 15.2. The molecule has 5 nitrogen and oxygen atoms in total. The minimum absolute atomic E-state index is 0.0554. The molecule has 3 aliphatic rings. The van der Waals surface area contributed by atoms with E-state index in [4.69, 9.17) is 15.0 Å². The fourth-order valence-corrected chi connectivity index (χ4v) is 9.23. The van der Waals surface area contributed by atoms with Gasteiger partial charge in [0.2, 0.25) is 12.5 Å². The fourth-order valence-electron chi connectivity index (χ4n) is 9.23. The molecule has 2 aliphatic heterocycles. The maximum atomic E-state index is 5.34. The molecule has 1 saturated carbocycles. The molecule has 45 heavy (non-hydrogen) atoms. The van der Waals surface area contributed by atoms with Crippen LogP contribution in [0.5, 0.6) is 0 Å². The third-order valence-electron chi connectivity index (χ3n) is 11.0. The molecule has 8 aromatic rings. The average Bonchev–Trinajstić information content (AvgIpc) is 3.50. The average molecular weight is 578 g/mol. The van der Waals surface area contributed by atoms with Gasteiger partial charge in [-0.15, -0.1) is 0 Å². The van der Waals surface area contributed by atoms with Crippen LogP contribution in [0.1, 0.15) is 43.2 Å². The molecule has 0 atom stereocenters. The summed E-state index contributed by atoms with van der Waals surface area (Å²) in [6, 6.07) is 39.7. The molecule has 212 valence electrons. The van der Waals surface area contributed by atoms with Crippen molar-refractivity contribution in [2.75, 3.05) is 0 Å². The predicted octanol–water partition coefficient (Wildman–Crippen LogP) is 6.43. The number of benzene rings is 5. The van der Waals surface area contributed by atoms with Gasteiger partial charge in [-0.3, -0.25) is 8.97 Å². The Morgan fingerprint density at radius 2 is 1.42 bits per heavy atom. The number of rotatable bonds is 1. The molecular formula is C39H28BN5. The lowest BCUT2D eigenvalue weighted by atomic mass is 9.29. The summed E-state index contributed by atoms with van der Waals surface area (Å²) in [5.74, 6) is 1.63. The Bertz CT molecular complexity index is 2540. The van der Waals surface area contributed by atoms with Gasteiger partial charge in [0, 0.05) is 16.7 Å². The lowest BCUT2D eigenvalue weighted by molar-refractivity contribution is 0.348. The first kappa shape index (κ1) is 24.1. The van der Waals surface area contributed by atoms with Gasteiger partial charge in [0.15, 0.2) is 11.5 Å². The molecule has 0 bridgehead atoms. The molecule has 3 aromatic heterocycles. The van der Waals surface area contributed by atoms with E-state index in [2.05, 4.69) is 112 Å². The van der Waals surface area contributed by atoms with Gasteiger partial charge in [0.1, 0.15) is 0 Å². The van der Waals surface area contributed by atoms with Crippen LogP contribution >= 0.6 is 0 Å². The summed E-state index contributed by atoms with van der Waals surface area (Å²) in [7, 11) is 0. The largest absolute Gasteiger partial charge is 0.280 e. The van der Waals surface area contributed by atoms with Crippen LogP contribution in [-0.2, 0) is 5.41 Å². The molecule has 0 saturated heterocycles. The van der Waals surface area contributed by atoms with Crippen molar-refractivity contribution in [2.24, 2.45) is 0 Å². The number of imidazole rings is 1. The second-order valence-electron chi connectivity index (χ2n) is 13.1. The van der Waals surface area contributed by atoms with Crippen molar-refractivity contribution in [3.63, 3.8) is 0 Å². The first-order valence-electron chi connectivity index (χ1n) is 16.2. The molecule has 0 N–H and O–H groups in total. The van der Waals surface area contributed by atoms with Crippen molar-refractivity contribution in [1.29, 1.82) is 0 Å². The summed E-state index contributed by atoms with van der Waals surface area (Å²) in [5, 5.41) is 1.09. The van der Waals surface area contributed by atoms with Crippen LogP contribution < -0.4 is 16.4 Å². The highest BCUT2D eigenvalue weighted by Gasteiger charge is 2.49. The van der Waals surface area contributed by atoms with Crippen LogP contribution in [-0.4, -0.2) is 30.6 Å². The minimum Gasteiger partial charge on any atom is -0.280 e. The highest BCUT2D eigenvalue weighted by Crippen LogP contribution is 2.47. The topological polar surface area (TPSA) is 48.0 Å². The van der Waals surface area contributed by atoms with E-state index in [1.807, 2.05) is 6.07 Å².